The van der Waals surface area contributed by atoms with Crippen molar-refractivity contribution >= 4 is 7.37 Å². The van der Waals surface area contributed by atoms with Gasteiger partial charge in [0.05, 0.1) is 18.9 Å². The van der Waals surface area contributed by atoms with E-state index in [1.54, 1.807) is 0 Å². The summed E-state index contributed by atoms with van der Waals surface area (Å²) in [5.74, 6) is 0.0848. The molecule has 1 fully saturated rings. The maximum atomic E-state index is 12.2. The van der Waals surface area contributed by atoms with Gasteiger partial charge in [-0.05, 0) is 11.5 Å². The Kier molecular flexibility index (Phi) is 3.48. The van der Waals surface area contributed by atoms with Crippen LogP contribution in [-0.4, -0.2) is 23.5 Å². The van der Waals surface area contributed by atoms with Crippen LogP contribution in [0.25, 0.3) is 0 Å². The van der Waals surface area contributed by atoms with Crippen LogP contribution < -0.4 is 0 Å². The number of rotatable bonds is 3. The molecule has 2 rings (SSSR count). The number of aliphatic hydroxyl groups is 1. The summed E-state index contributed by atoms with van der Waals surface area (Å²) < 4.78 is 17.7. The summed E-state index contributed by atoms with van der Waals surface area (Å²) in [7, 11) is -2.60. The van der Waals surface area contributed by atoms with Crippen molar-refractivity contribution in [2.45, 2.75) is 19.6 Å². The molecule has 0 spiro atoms. The van der Waals surface area contributed by atoms with Crippen molar-refractivity contribution in [3.05, 3.63) is 35.9 Å². The molecule has 1 aliphatic heterocycles. The first kappa shape index (κ1) is 11.8. The molecule has 3 nitrogen and oxygen atoms in total. The van der Waals surface area contributed by atoms with E-state index in [4.69, 9.17) is 4.52 Å². The van der Waals surface area contributed by atoms with Crippen molar-refractivity contribution in [2.24, 2.45) is 5.92 Å². The van der Waals surface area contributed by atoms with Gasteiger partial charge >= 0.3 is 0 Å². The van der Waals surface area contributed by atoms with Crippen LogP contribution in [0.3, 0.4) is 0 Å². The Morgan fingerprint density at radius 3 is 2.62 bits per heavy atom. The van der Waals surface area contributed by atoms with Crippen molar-refractivity contribution < 1.29 is 14.2 Å². The Labute approximate surface area is 95.9 Å². The predicted octanol–water partition coefficient (Wildman–Crippen LogP) is 2.49. The van der Waals surface area contributed by atoms with Gasteiger partial charge in [-0.1, -0.05) is 37.3 Å². The molecule has 1 heterocycles. The maximum Gasteiger partial charge on any atom is 0.206 e. The van der Waals surface area contributed by atoms with E-state index in [0.717, 1.165) is 5.56 Å². The third-order valence-corrected chi connectivity index (χ3v) is 5.66. The molecule has 1 saturated heterocycles. The Bertz CT molecular complexity index is 377. The summed E-state index contributed by atoms with van der Waals surface area (Å²) in [6, 6.07) is 9.69. The fourth-order valence-corrected chi connectivity index (χ4v) is 4.77. The molecule has 0 saturated carbocycles. The average Bonchev–Trinajstić information content (AvgIpc) is 2.53. The largest absolute Gasteiger partial charge is 0.392 e. The summed E-state index contributed by atoms with van der Waals surface area (Å²) >= 11 is 0. The molecule has 88 valence electrons. The van der Waals surface area contributed by atoms with Gasteiger partial charge in [-0.2, -0.15) is 0 Å². The summed E-state index contributed by atoms with van der Waals surface area (Å²) in [4.78, 5) is 0. The molecule has 4 heteroatoms. The smallest absolute Gasteiger partial charge is 0.206 e. The van der Waals surface area contributed by atoms with E-state index in [9.17, 15) is 9.67 Å². The Morgan fingerprint density at radius 1 is 1.38 bits per heavy atom. The molecule has 1 N–H and O–H groups in total. The van der Waals surface area contributed by atoms with E-state index >= 15 is 0 Å². The zero-order valence-electron chi connectivity index (χ0n) is 9.37. The minimum atomic E-state index is -2.60. The predicted molar refractivity (Wildman–Crippen MR) is 63.7 cm³/mol. The fourth-order valence-electron chi connectivity index (χ4n) is 1.97. The Balaban J connectivity index is 1.94. The van der Waals surface area contributed by atoms with Crippen molar-refractivity contribution in [1.29, 1.82) is 0 Å². The number of hydrogen-bond donors (Lipinski definition) is 1. The highest BCUT2D eigenvalue weighted by atomic mass is 31.2. The van der Waals surface area contributed by atoms with Crippen molar-refractivity contribution in [3.8, 4) is 0 Å². The second-order valence-electron chi connectivity index (χ2n) is 4.48. The zero-order valence-corrected chi connectivity index (χ0v) is 10.3. The van der Waals surface area contributed by atoms with Gasteiger partial charge in [0.2, 0.25) is 7.37 Å². The third kappa shape index (κ3) is 2.73. The molecular weight excluding hydrogens is 223 g/mol. The quantitative estimate of drug-likeness (QED) is 0.826. The summed E-state index contributed by atoms with van der Waals surface area (Å²) in [5.41, 5.74) is 1.02. The van der Waals surface area contributed by atoms with Crippen molar-refractivity contribution in [2.75, 3.05) is 12.3 Å². The van der Waals surface area contributed by atoms with Gasteiger partial charge in [0.15, 0.2) is 0 Å². The molecule has 0 bridgehead atoms. The maximum absolute atomic E-state index is 12.2. The van der Waals surface area contributed by atoms with Gasteiger partial charge in [-0.15, -0.1) is 0 Å². The molecule has 1 aromatic carbocycles. The Morgan fingerprint density at radius 2 is 2.06 bits per heavy atom. The molecule has 0 radical (unpaired) electrons. The van der Waals surface area contributed by atoms with Crippen molar-refractivity contribution in [1.82, 2.24) is 0 Å². The van der Waals surface area contributed by atoms with E-state index in [2.05, 4.69) is 0 Å². The number of hydrogen-bond acceptors (Lipinski definition) is 3. The molecule has 16 heavy (non-hydrogen) atoms. The van der Waals surface area contributed by atoms with Gasteiger partial charge in [0, 0.05) is 6.16 Å². The zero-order chi connectivity index (χ0) is 11.6. The molecule has 1 aromatic rings. The van der Waals surface area contributed by atoms with Crippen LogP contribution in [0, 0.1) is 5.92 Å². The lowest BCUT2D eigenvalue weighted by molar-refractivity contribution is 0.158. The van der Waals surface area contributed by atoms with Crippen LogP contribution in [0.5, 0.6) is 0 Å². The van der Waals surface area contributed by atoms with Gasteiger partial charge in [0.1, 0.15) is 0 Å². The summed E-state index contributed by atoms with van der Waals surface area (Å²) in [6.45, 7) is 2.29. The van der Waals surface area contributed by atoms with E-state index < -0.39 is 13.5 Å². The fraction of sp³-hybridized carbons (Fsp3) is 0.500. The standard InChI is InChI=1S/C12H17O3P/c1-10-8-16(14,9-12(10)13)15-7-11-5-3-2-4-6-11/h2-6,10,12-13H,7-9H2,1H3. The monoisotopic (exact) mass is 240 g/mol. The number of aliphatic hydroxyl groups excluding tert-OH is 1. The first-order valence-corrected chi connectivity index (χ1v) is 7.53. The van der Waals surface area contributed by atoms with Crippen LogP contribution in [0.1, 0.15) is 12.5 Å². The Hall–Kier alpha value is -0.630. The van der Waals surface area contributed by atoms with Crippen LogP contribution >= 0.6 is 7.37 Å². The van der Waals surface area contributed by atoms with Gasteiger partial charge in [-0.25, -0.2) is 0 Å². The average molecular weight is 240 g/mol. The molecule has 0 aromatic heterocycles. The third-order valence-electron chi connectivity index (χ3n) is 3.00. The normalized spacial score (nSPS) is 34.1. The molecular formula is C12H17O3P. The molecule has 0 amide bonds. The van der Waals surface area contributed by atoms with E-state index in [0.29, 0.717) is 18.9 Å². The molecule has 1 aliphatic rings. The molecule has 3 atom stereocenters. The minimum Gasteiger partial charge on any atom is -0.392 e. The van der Waals surface area contributed by atoms with Crippen LogP contribution in [0.2, 0.25) is 0 Å². The summed E-state index contributed by atoms with van der Waals surface area (Å²) in [5, 5.41) is 9.58. The van der Waals surface area contributed by atoms with E-state index in [1.165, 1.54) is 0 Å². The highest BCUT2D eigenvalue weighted by Gasteiger charge is 2.39. The van der Waals surface area contributed by atoms with Crippen LogP contribution in [-0.2, 0) is 15.7 Å². The first-order chi connectivity index (χ1) is 7.59. The highest BCUT2D eigenvalue weighted by Crippen LogP contribution is 2.55. The second kappa shape index (κ2) is 4.70. The lowest BCUT2D eigenvalue weighted by atomic mass is 10.1. The highest BCUT2D eigenvalue weighted by molar-refractivity contribution is 7.59. The first-order valence-electron chi connectivity index (χ1n) is 5.54. The van der Waals surface area contributed by atoms with Crippen LogP contribution in [0.15, 0.2) is 30.3 Å². The van der Waals surface area contributed by atoms with Crippen LogP contribution in [0.4, 0.5) is 0 Å². The SMILES string of the molecule is CC1CP(=O)(OCc2ccccc2)CC1O. The lowest BCUT2D eigenvalue weighted by Crippen LogP contribution is -2.13. The summed E-state index contributed by atoms with van der Waals surface area (Å²) in [6.07, 6.45) is 0.337. The van der Waals surface area contributed by atoms with Gasteiger partial charge in [-0.3, -0.25) is 4.57 Å². The van der Waals surface area contributed by atoms with Crippen molar-refractivity contribution in [3.63, 3.8) is 0 Å². The minimum absolute atomic E-state index is 0.0848. The van der Waals surface area contributed by atoms with E-state index in [-0.39, 0.29) is 5.92 Å². The molecule has 0 aliphatic carbocycles. The van der Waals surface area contributed by atoms with E-state index in [1.807, 2.05) is 37.3 Å². The molecule has 3 unspecified atom stereocenters. The van der Waals surface area contributed by atoms with Gasteiger partial charge < -0.3 is 9.63 Å². The number of benzene rings is 1. The second-order valence-corrected chi connectivity index (χ2v) is 7.10. The van der Waals surface area contributed by atoms with Gasteiger partial charge in [0.25, 0.3) is 0 Å². The topological polar surface area (TPSA) is 46.5 Å². The lowest BCUT2D eigenvalue weighted by Gasteiger charge is -2.12.